The molecule has 0 spiro atoms. The Morgan fingerprint density at radius 2 is 1.90 bits per heavy atom. The van der Waals surface area contributed by atoms with Gasteiger partial charge in [-0.15, -0.1) is 0 Å². The van der Waals surface area contributed by atoms with Crippen LogP contribution >= 0.6 is 0 Å². The van der Waals surface area contributed by atoms with Gasteiger partial charge in [-0.2, -0.15) is 13.2 Å². The van der Waals surface area contributed by atoms with Gasteiger partial charge in [0.05, 0.1) is 17.4 Å². The number of amides is 1. The van der Waals surface area contributed by atoms with Crippen LogP contribution in [0.1, 0.15) is 26.2 Å². The number of sulfone groups is 1. The van der Waals surface area contributed by atoms with Gasteiger partial charge >= 0.3 is 6.18 Å². The normalized spacial score (nSPS) is 27.3. The van der Waals surface area contributed by atoms with Crippen LogP contribution in [0.5, 0.6) is 0 Å². The summed E-state index contributed by atoms with van der Waals surface area (Å²) in [5.41, 5.74) is 0. The molecule has 2 aliphatic rings. The van der Waals surface area contributed by atoms with Crippen LogP contribution < -0.4 is 0 Å². The zero-order valence-corrected chi connectivity index (χ0v) is 12.0. The van der Waals surface area contributed by atoms with Crippen molar-refractivity contribution in [2.24, 2.45) is 11.8 Å². The highest BCUT2D eigenvalue weighted by Gasteiger charge is 2.44. The van der Waals surface area contributed by atoms with Gasteiger partial charge in [-0.25, -0.2) is 8.42 Å². The molecule has 0 unspecified atom stereocenters. The summed E-state index contributed by atoms with van der Waals surface area (Å²) in [6.45, 7) is 0.324. The Labute approximate surface area is 116 Å². The summed E-state index contributed by atoms with van der Waals surface area (Å²) in [5, 5.41) is 0. The zero-order valence-electron chi connectivity index (χ0n) is 11.2. The van der Waals surface area contributed by atoms with Gasteiger partial charge in [0.25, 0.3) is 0 Å². The minimum Gasteiger partial charge on any atom is -0.330 e. The molecule has 0 aromatic heterocycles. The molecule has 0 N–H and O–H groups in total. The second kappa shape index (κ2) is 5.20. The third kappa shape index (κ3) is 3.86. The fourth-order valence-corrected chi connectivity index (χ4v) is 4.41. The smallest absolute Gasteiger partial charge is 0.330 e. The van der Waals surface area contributed by atoms with Gasteiger partial charge in [0.15, 0.2) is 9.84 Å². The molecular weight excluding hydrogens is 295 g/mol. The van der Waals surface area contributed by atoms with E-state index >= 15 is 0 Å². The molecule has 0 radical (unpaired) electrons. The molecule has 4 nitrogen and oxygen atoms in total. The van der Waals surface area contributed by atoms with Crippen molar-refractivity contribution in [2.45, 2.75) is 38.4 Å². The van der Waals surface area contributed by atoms with Crippen LogP contribution in [0, 0.1) is 11.8 Å². The minimum atomic E-state index is -4.46. The molecule has 116 valence electrons. The molecule has 1 amide bonds. The quantitative estimate of drug-likeness (QED) is 0.792. The average Bonchev–Trinajstić information content (AvgIpc) is 3.08. The topological polar surface area (TPSA) is 54.5 Å². The molecule has 1 aliphatic carbocycles. The summed E-state index contributed by atoms with van der Waals surface area (Å²) in [6.07, 6.45) is -2.68. The Hall–Kier alpha value is -0.790. The van der Waals surface area contributed by atoms with Crippen LogP contribution in [-0.4, -0.2) is 49.5 Å². The number of nitrogens with zero attached hydrogens (tertiary/aromatic N) is 1. The van der Waals surface area contributed by atoms with Crippen molar-refractivity contribution in [1.82, 2.24) is 4.90 Å². The van der Waals surface area contributed by atoms with E-state index in [0.717, 1.165) is 17.7 Å². The lowest BCUT2D eigenvalue weighted by Gasteiger charge is -2.32. The summed E-state index contributed by atoms with van der Waals surface area (Å²) in [7, 11) is -3.28. The van der Waals surface area contributed by atoms with Gasteiger partial charge < -0.3 is 4.90 Å². The number of rotatable bonds is 4. The third-order valence-corrected chi connectivity index (χ3v) is 5.78. The maximum Gasteiger partial charge on any atom is 0.406 e. The van der Waals surface area contributed by atoms with Crippen molar-refractivity contribution in [3.05, 3.63) is 0 Å². The van der Waals surface area contributed by atoms with Gasteiger partial charge in [-0.1, -0.05) is 0 Å². The molecule has 1 aliphatic heterocycles. The largest absolute Gasteiger partial charge is 0.406 e. The molecular formula is C12H18F3NO3S. The number of alkyl halides is 3. The maximum atomic E-state index is 12.6. The van der Waals surface area contributed by atoms with E-state index in [-0.39, 0.29) is 23.8 Å². The molecule has 1 heterocycles. The molecule has 2 rings (SSSR count). The first-order chi connectivity index (χ1) is 9.09. The van der Waals surface area contributed by atoms with Crippen molar-refractivity contribution in [3.63, 3.8) is 0 Å². The molecule has 0 aromatic rings. The minimum absolute atomic E-state index is 0.110. The van der Waals surface area contributed by atoms with Crippen LogP contribution in [0.25, 0.3) is 0 Å². The maximum absolute atomic E-state index is 12.6. The van der Waals surface area contributed by atoms with E-state index in [0.29, 0.717) is 0 Å². The Morgan fingerprint density at radius 1 is 1.30 bits per heavy atom. The van der Waals surface area contributed by atoms with Crippen molar-refractivity contribution in [1.29, 1.82) is 0 Å². The fourth-order valence-electron chi connectivity index (χ4n) is 2.67. The summed E-state index contributed by atoms with van der Waals surface area (Å²) < 4.78 is 60.7. The lowest BCUT2D eigenvalue weighted by atomic mass is 10.0. The van der Waals surface area contributed by atoms with Crippen LogP contribution in [0.15, 0.2) is 0 Å². The lowest BCUT2D eigenvalue weighted by molar-refractivity contribution is -0.168. The van der Waals surface area contributed by atoms with E-state index in [4.69, 9.17) is 0 Å². The van der Waals surface area contributed by atoms with Crippen LogP contribution in [0.3, 0.4) is 0 Å². The fraction of sp³-hybridized carbons (Fsp3) is 0.917. The Kier molecular flexibility index (Phi) is 4.05. The predicted octanol–water partition coefficient (Wildman–Crippen LogP) is 1.61. The molecule has 2 atom stereocenters. The van der Waals surface area contributed by atoms with E-state index in [1.54, 1.807) is 6.92 Å². The van der Waals surface area contributed by atoms with E-state index < -0.39 is 40.4 Å². The van der Waals surface area contributed by atoms with Crippen molar-refractivity contribution >= 4 is 15.7 Å². The standard InChI is InChI=1S/C12H18F3NO3S/c1-8(9-2-3-9)16(7-12(13,14)15)11(17)10-4-5-20(18,19)6-10/h8-10H,2-7H2,1H3/t8-,10-/m0/s1. The summed E-state index contributed by atoms with van der Waals surface area (Å²) in [5.74, 6) is -1.80. The number of hydrogen-bond donors (Lipinski definition) is 0. The summed E-state index contributed by atoms with van der Waals surface area (Å²) in [4.78, 5) is 13.1. The van der Waals surface area contributed by atoms with E-state index in [9.17, 15) is 26.4 Å². The van der Waals surface area contributed by atoms with Crippen molar-refractivity contribution in [2.75, 3.05) is 18.1 Å². The Balaban J connectivity index is 2.11. The number of carbonyl (C=O) groups is 1. The lowest BCUT2D eigenvalue weighted by Crippen LogP contribution is -2.48. The molecule has 20 heavy (non-hydrogen) atoms. The third-order valence-electron chi connectivity index (χ3n) is 4.01. The van der Waals surface area contributed by atoms with Gasteiger partial charge in [0.1, 0.15) is 6.54 Å². The summed E-state index contributed by atoms with van der Waals surface area (Å²) >= 11 is 0. The van der Waals surface area contributed by atoms with Gasteiger partial charge in [-0.3, -0.25) is 4.79 Å². The van der Waals surface area contributed by atoms with Gasteiger partial charge in [0.2, 0.25) is 5.91 Å². The first kappa shape index (κ1) is 15.6. The van der Waals surface area contributed by atoms with Crippen molar-refractivity contribution < 1.29 is 26.4 Å². The number of hydrogen-bond acceptors (Lipinski definition) is 3. The highest BCUT2D eigenvalue weighted by Crippen LogP contribution is 2.37. The average molecular weight is 313 g/mol. The zero-order chi connectivity index (χ0) is 15.1. The number of carbonyl (C=O) groups excluding carboxylic acids is 1. The molecule has 0 bridgehead atoms. The van der Waals surface area contributed by atoms with Crippen LogP contribution in [-0.2, 0) is 14.6 Å². The first-order valence-corrected chi connectivity index (χ1v) is 8.49. The molecule has 8 heteroatoms. The molecule has 1 saturated carbocycles. The Bertz CT molecular complexity index is 485. The Morgan fingerprint density at radius 3 is 2.30 bits per heavy atom. The second-order valence-corrected chi connectivity index (χ2v) is 7.99. The van der Waals surface area contributed by atoms with Gasteiger partial charge in [0, 0.05) is 6.04 Å². The highest BCUT2D eigenvalue weighted by atomic mass is 32.2. The molecule has 0 aromatic carbocycles. The highest BCUT2D eigenvalue weighted by molar-refractivity contribution is 7.91. The second-order valence-electron chi connectivity index (χ2n) is 5.76. The van der Waals surface area contributed by atoms with E-state index in [1.165, 1.54) is 0 Å². The van der Waals surface area contributed by atoms with E-state index in [1.807, 2.05) is 0 Å². The summed E-state index contributed by atoms with van der Waals surface area (Å²) in [6, 6.07) is -0.479. The van der Waals surface area contributed by atoms with Crippen molar-refractivity contribution in [3.8, 4) is 0 Å². The first-order valence-electron chi connectivity index (χ1n) is 6.67. The van der Waals surface area contributed by atoms with Crippen LogP contribution in [0.2, 0.25) is 0 Å². The predicted molar refractivity (Wildman–Crippen MR) is 66.7 cm³/mol. The molecule has 1 saturated heterocycles. The van der Waals surface area contributed by atoms with Gasteiger partial charge in [-0.05, 0) is 32.1 Å². The molecule has 2 fully saturated rings. The SMILES string of the molecule is C[C@@H](C1CC1)N(CC(F)(F)F)C(=O)[C@H]1CCS(=O)(=O)C1. The number of halogens is 3. The van der Waals surface area contributed by atoms with Crippen LogP contribution in [0.4, 0.5) is 13.2 Å². The van der Waals surface area contributed by atoms with E-state index in [2.05, 4.69) is 0 Å². The monoisotopic (exact) mass is 313 g/mol.